The fourth-order valence-electron chi connectivity index (χ4n) is 11.3. The highest BCUT2D eigenvalue weighted by Crippen LogP contribution is 2.17. The Morgan fingerprint density at radius 1 is 0.388 bits per heavy atom. The van der Waals surface area contributed by atoms with Gasteiger partial charge in [0.05, 0.1) is 31.6 Å². The van der Waals surface area contributed by atoms with Crippen LogP contribution in [0.4, 0.5) is 0 Å². The number of amides is 16. The molecule has 0 aliphatic rings. The molecule has 15 atom stereocenters. The van der Waals surface area contributed by atoms with Crippen LogP contribution in [0.15, 0.2) is 48.5 Å². The molecule has 2 aromatic carbocycles. The first kappa shape index (κ1) is 104. The van der Waals surface area contributed by atoms with Gasteiger partial charge in [-0.05, 0) is 126 Å². The summed E-state index contributed by atoms with van der Waals surface area (Å²) in [5, 5.41) is 112. The van der Waals surface area contributed by atoms with Crippen molar-refractivity contribution < 1.29 is 127 Å². The molecule has 672 valence electrons. The van der Waals surface area contributed by atoms with Crippen LogP contribution in [0.25, 0.3) is 0 Å². The maximum Gasteiger partial charge on any atom is 0.322 e. The summed E-state index contributed by atoms with van der Waals surface area (Å²) in [7, 11) is 0. The number of rotatable bonds is 56. The van der Waals surface area contributed by atoms with E-state index in [4.69, 9.17) is 34.1 Å². The number of guanidine groups is 1. The fourth-order valence-corrected chi connectivity index (χ4v) is 11.3. The minimum atomic E-state index is -2.12. The minimum absolute atomic E-state index is 0.0177. The van der Waals surface area contributed by atoms with Crippen molar-refractivity contribution in [3.63, 3.8) is 0 Å². The van der Waals surface area contributed by atoms with Crippen molar-refractivity contribution in [3.05, 3.63) is 59.7 Å². The Hall–Kier alpha value is -12.9. The van der Waals surface area contributed by atoms with Crippen LogP contribution in [0, 0.1) is 17.2 Å². The summed E-state index contributed by atoms with van der Waals surface area (Å²) in [4.78, 5) is 255. The summed E-state index contributed by atoms with van der Waals surface area (Å²) >= 11 is 0. The number of carboxylic acids is 3. The van der Waals surface area contributed by atoms with E-state index in [0.717, 1.165) is 20.8 Å². The number of unbranched alkanes of at least 4 members (excludes halogenated alkanes) is 1. The van der Waals surface area contributed by atoms with Crippen LogP contribution in [-0.2, 0) is 104 Å². The van der Waals surface area contributed by atoms with Crippen molar-refractivity contribution in [2.45, 2.75) is 229 Å². The monoisotopic (exact) mass is 1710 g/mol. The first-order valence-electron chi connectivity index (χ1n) is 38.5. The SMILES string of the molecule is CC(C)C[C@H](NC(=O)[C@@H](N)C(C)C)C(=O)N[C@H](C(=O)N[C@@H](CC(=O)O)C(=O)N[C@@H](CO)C(=O)N[C@@H](CCC(N)=O)C(=O)N[C@@H](CCCCN)C(=O)N[C@@H](CCCNC(=N)N)C(=O)N[C@@H](C)C(=O)N[C@@H](C)C(=O)N[C@@H](Cc1ccc(O)cc1)C(=O)N[C@@H](CC(=O)O)C(=O)N[C@@H](CCC(N)=O)C(=O)N[C@@H](Cc1ccc(O)cc1)C(=O)NCC(=O)O)[C@@H](C)O. The third-order valence-electron chi connectivity index (χ3n) is 18.0. The molecule has 0 fully saturated rings. The van der Waals surface area contributed by atoms with Gasteiger partial charge in [0.25, 0.3) is 0 Å². The van der Waals surface area contributed by atoms with E-state index in [2.05, 4.69) is 74.4 Å². The zero-order valence-electron chi connectivity index (χ0n) is 67.9. The normalized spacial score (nSPS) is 14.8. The first-order valence-corrected chi connectivity index (χ1v) is 38.5. The zero-order chi connectivity index (χ0) is 91.7. The molecule has 47 heteroatoms. The lowest BCUT2D eigenvalue weighted by Crippen LogP contribution is -2.62. The molecule has 2 aromatic rings. The Morgan fingerprint density at radius 3 is 1.14 bits per heavy atom. The Balaban J connectivity index is 2.48. The van der Waals surface area contributed by atoms with Crippen molar-refractivity contribution in [2.24, 2.45) is 40.5 Å². The van der Waals surface area contributed by atoms with E-state index in [0.29, 0.717) is 5.56 Å². The number of carboxylic acid groups (broad SMARTS) is 3. The van der Waals surface area contributed by atoms with Crippen molar-refractivity contribution in [1.29, 1.82) is 5.41 Å². The van der Waals surface area contributed by atoms with Gasteiger partial charge in [-0.3, -0.25) is 96.5 Å². The second-order valence-corrected chi connectivity index (χ2v) is 29.2. The van der Waals surface area contributed by atoms with Crippen molar-refractivity contribution in [2.75, 3.05) is 26.2 Å². The summed E-state index contributed by atoms with van der Waals surface area (Å²) in [6.07, 6.45) is -7.65. The Kier molecular flexibility index (Phi) is 45.4. The molecule has 0 saturated carbocycles. The lowest BCUT2D eigenvalue weighted by molar-refractivity contribution is -0.142. The predicted octanol–water partition coefficient (Wildman–Crippen LogP) is -9.30. The van der Waals surface area contributed by atoms with Gasteiger partial charge in [0.2, 0.25) is 94.5 Å². The van der Waals surface area contributed by atoms with Gasteiger partial charge in [-0.2, -0.15) is 0 Å². The number of hydrogen-bond acceptors (Lipinski definition) is 26. The van der Waals surface area contributed by atoms with E-state index < -0.39 is 267 Å². The number of aliphatic hydroxyl groups excluding tert-OH is 2. The van der Waals surface area contributed by atoms with Crippen LogP contribution in [0.2, 0.25) is 0 Å². The third-order valence-corrected chi connectivity index (χ3v) is 18.0. The van der Waals surface area contributed by atoms with E-state index >= 15 is 0 Å². The van der Waals surface area contributed by atoms with Gasteiger partial charge in [0.15, 0.2) is 5.96 Å². The molecule has 47 nitrogen and oxygen atoms in total. The van der Waals surface area contributed by atoms with Gasteiger partial charge in [0, 0.05) is 32.2 Å². The van der Waals surface area contributed by atoms with E-state index in [1.54, 1.807) is 27.7 Å². The Bertz CT molecular complexity index is 3950. The second-order valence-electron chi connectivity index (χ2n) is 29.2. The molecule has 0 radical (unpaired) electrons. The van der Waals surface area contributed by atoms with Gasteiger partial charge >= 0.3 is 17.9 Å². The van der Waals surface area contributed by atoms with Crippen molar-refractivity contribution in [1.82, 2.24) is 79.8 Å². The topological polar surface area (TPSA) is 800 Å². The Labute approximate surface area is 694 Å². The molecule has 0 heterocycles. The fraction of sp³-hybridized carbons (Fsp3) is 0.568. The average Bonchev–Trinajstić information content (AvgIpc) is 0.883. The number of benzene rings is 2. The number of carbonyl (C=O) groups excluding carboxylic acids is 16. The van der Waals surface area contributed by atoms with E-state index in [-0.39, 0.29) is 86.9 Å². The van der Waals surface area contributed by atoms with Gasteiger partial charge < -0.3 is 144 Å². The van der Waals surface area contributed by atoms with Crippen molar-refractivity contribution >= 4 is 118 Å². The summed E-state index contributed by atoms with van der Waals surface area (Å²) < 4.78 is 0. The lowest BCUT2D eigenvalue weighted by Gasteiger charge is -2.28. The van der Waals surface area contributed by atoms with Gasteiger partial charge in [-0.15, -0.1) is 0 Å². The van der Waals surface area contributed by atoms with Gasteiger partial charge in [-0.25, -0.2) is 0 Å². The van der Waals surface area contributed by atoms with E-state index in [1.807, 2.05) is 5.32 Å². The maximum absolute atomic E-state index is 14.5. The molecule has 0 bridgehead atoms. The zero-order valence-corrected chi connectivity index (χ0v) is 67.9. The number of nitrogens with one attached hydrogen (secondary N) is 16. The standard InChI is InChI=1S/C74H115N21O26/c1-34(2)27-47(92-72(120)58(78)35(3)4)70(118)95-59(38(7)97)73(121)93-51(31-56(104)105)69(117)94-52(33-96)71(119)88-45(21-23-53(76)100)65(113)85-43(11-8-9-25-75)64(112)86-44(12-10-26-81-74(79)80)63(111)84-36(5)60(108)83-37(6)61(109)89-49(29-40-15-19-42(99)20-16-40)67(115)91-50(30-55(102)103)68(116)87-46(22-24-54(77)101)66(114)90-48(62(110)82-32-57(106)107)28-39-13-17-41(98)18-14-39/h13-20,34-38,43-52,58-59,96-99H,8-12,21-33,75,78H2,1-7H3,(H2,76,100)(H2,77,101)(H,82,110)(H,83,108)(H,84,111)(H,85,113)(H,86,112)(H,87,116)(H,88,119)(H,89,109)(H,90,114)(H,91,115)(H,92,120)(H,93,121)(H,94,117)(H,95,118)(H,102,103)(H,104,105)(H,106,107)(H4,79,80,81)/t36-,37-,38+,43-,44-,45-,46-,47-,48-,49-,50-,51-,52-,58-,59-/m0/s1. The van der Waals surface area contributed by atoms with E-state index in [9.17, 15) is 127 Å². The van der Waals surface area contributed by atoms with Crippen LogP contribution >= 0.6 is 0 Å². The molecule has 0 aromatic heterocycles. The molecule has 0 spiro atoms. The first-order chi connectivity index (χ1) is 56.7. The number of aliphatic carboxylic acids is 3. The molecular weight excluding hydrogens is 1600 g/mol. The van der Waals surface area contributed by atoms with Gasteiger partial charge in [-0.1, -0.05) is 52.0 Å². The highest BCUT2D eigenvalue weighted by atomic mass is 16.4. The smallest absolute Gasteiger partial charge is 0.322 e. The van der Waals surface area contributed by atoms with Crippen LogP contribution < -0.4 is 108 Å². The molecule has 16 amide bonds. The van der Waals surface area contributed by atoms with Crippen LogP contribution in [-0.4, -0.2) is 271 Å². The molecule has 0 unspecified atom stereocenters. The maximum atomic E-state index is 14.5. The summed E-state index contributed by atoms with van der Waals surface area (Å²) in [6, 6.07) is -13.8. The second kappa shape index (κ2) is 52.8. The molecular formula is C74H115N21O26. The van der Waals surface area contributed by atoms with Crippen LogP contribution in [0.1, 0.15) is 137 Å². The van der Waals surface area contributed by atoms with Gasteiger partial charge in [0.1, 0.15) is 96.6 Å². The van der Waals surface area contributed by atoms with Crippen LogP contribution in [0.3, 0.4) is 0 Å². The molecule has 2 rings (SSSR count). The molecule has 0 saturated heterocycles. The molecule has 0 aliphatic carbocycles. The largest absolute Gasteiger partial charge is 0.508 e. The molecule has 121 heavy (non-hydrogen) atoms. The van der Waals surface area contributed by atoms with Crippen LogP contribution in [0.5, 0.6) is 11.5 Å². The number of hydrogen-bond donors (Lipinski definition) is 28. The number of nitrogens with two attached hydrogens (primary N) is 5. The number of phenolic OH excluding ortho intramolecular Hbond substituents is 2. The number of aliphatic hydroxyl groups is 2. The quantitative estimate of drug-likeness (QED) is 0.0166. The molecule has 33 N–H and O–H groups in total. The number of aromatic hydroxyl groups is 2. The highest BCUT2D eigenvalue weighted by molar-refractivity contribution is 6.01. The average molecular weight is 1710 g/mol. The number of carbonyl (C=O) groups is 19. The van der Waals surface area contributed by atoms with E-state index in [1.165, 1.54) is 48.5 Å². The summed E-state index contributed by atoms with van der Waals surface area (Å²) in [5.74, 6) is -24.7. The molecule has 0 aliphatic heterocycles. The third kappa shape index (κ3) is 39.9. The summed E-state index contributed by atoms with van der Waals surface area (Å²) in [5.41, 5.74) is 28.5. The summed E-state index contributed by atoms with van der Waals surface area (Å²) in [6.45, 7) is 7.89. The number of phenols is 2. The predicted molar refractivity (Wildman–Crippen MR) is 425 cm³/mol. The van der Waals surface area contributed by atoms with Crippen molar-refractivity contribution in [3.8, 4) is 11.5 Å². The number of primary amides is 2. The minimum Gasteiger partial charge on any atom is -0.508 e. The Morgan fingerprint density at radius 2 is 0.736 bits per heavy atom. The highest BCUT2D eigenvalue weighted by Gasteiger charge is 2.39. The lowest BCUT2D eigenvalue weighted by atomic mass is 10.00.